The van der Waals surface area contributed by atoms with E-state index in [1.54, 1.807) is 12.4 Å². The zero-order chi connectivity index (χ0) is 17.9. The molecule has 6 nitrogen and oxygen atoms in total. The first kappa shape index (κ1) is 16.1. The SMILES string of the molecule is Cc1cc(Nc2nnc(Cc3ccncc3)c3ccccc23)nc(C)n1. The molecule has 4 aromatic rings. The van der Waals surface area contributed by atoms with Crippen LogP contribution in [-0.2, 0) is 6.42 Å². The van der Waals surface area contributed by atoms with Gasteiger partial charge in [0.15, 0.2) is 5.82 Å². The van der Waals surface area contributed by atoms with Crippen molar-refractivity contribution in [2.75, 3.05) is 5.32 Å². The Morgan fingerprint density at radius 1 is 0.885 bits per heavy atom. The van der Waals surface area contributed by atoms with E-state index in [1.807, 2.05) is 50.2 Å². The zero-order valence-electron chi connectivity index (χ0n) is 14.6. The number of rotatable bonds is 4. The van der Waals surface area contributed by atoms with Crippen molar-refractivity contribution in [1.29, 1.82) is 0 Å². The highest BCUT2D eigenvalue weighted by Crippen LogP contribution is 2.26. The van der Waals surface area contributed by atoms with E-state index in [2.05, 4.69) is 36.5 Å². The average molecular weight is 342 g/mol. The maximum absolute atomic E-state index is 4.47. The van der Waals surface area contributed by atoms with Crippen LogP contribution in [-0.4, -0.2) is 25.1 Å². The molecule has 0 unspecified atom stereocenters. The Labute approximate surface area is 151 Å². The molecule has 3 aromatic heterocycles. The molecule has 128 valence electrons. The minimum atomic E-state index is 0.691. The van der Waals surface area contributed by atoms with E-state index in [4.69, 9.17) is 0 Å². The van der Waals surface area contributed by atoms with Crippen molar-refractivity contribution >= 4 is 22.4 Å². The molecule has 26 heavy (non-hydrogen) atoms. The predicted octanol–water partition coefficient (Wildman–Crippen LogP) is 3.77. The van der Waals surface area contributed by atoms with Gasteiger partial charge in [-0.1, -0.05) is 24.3 Å². The smallest absolute Gasteiger partial charge is 0.162 e. The summed E-state index contributed by atoms with van der Waals surface area (Å²) in [7, 11) is 0. The summed E-state index contributed by atoms with van der Waals surface area (Å²) in [6.07, 6.45) is 4.29. The molecule has 0 saturated carbocycles. The lowest BCUT2D eigenvalue weighted by Crippen LogP contribution is -2.04. The van der Waals surface area contributed by atoms with E-state index < -0.39 is 0 Å². The van der Waals surface area contributed by atoms with Crippen LogP contribution < -0.4 is 5.32 Å². The zero-order valence-corrected chi connectivity index (χ0v) is 14.6. The highest BCUT2D eigenvalue weighted by atomic mass is 15.2. The van der Waals surface area contributed by atoms with E-state index in [9.17, 15) is 0 Å². The number of anilines is 2. The molecule has 0 radical (unpaired) electrons. The normalized spacial score (nSPS) is 10.8. The van der Waals surface area contributed by atoms with Gasteiger partial charge in [-0.25, -0.2) is 9.97 Å². The summed E-state index contributed by atoms with van der Waals surface area (Å²) in [5.41, 5.74) is 3.00. The second-order valence-electron chi connectivity index (χ2n) is 6.14. The van der Waals surface area contributed by atoms with E-state index in [0.29, 0.717) is 12.2 Å². The first-order valence-corrected chi connectivity index (χ1v) is 8.41. The molecule has 4 rings (SSSR count). The molecule has 6 heteroatoms. The first-order valence-electron chi connectivity index (χ1n) is 8.41. The van der Waals surface area contributed by atoms with E-state index >= 15 is 0 Å². The molecule has 0 spiro atoms. The molecule has 1 N–H and O–H groups in total. The molecular formula is C20H18N6. The van der Waals surface area contributed by atoms with Gasteiger partial charge in [0.25, 0.3) is 0 Å². The highest BCUT2D eigenvalue weighted by Gasteiger charge is 2.11. The lowest BCUT2D eigenvalue weighted by molar-refractivity contribution is 0.955. The van der Waals surface area contributed by atoms with Crippen LogP contribution in [0.2, 0.25) is 0 Å². The Kier molecular flexibility index (Phi) is 4.23. The van der Waals surface area contributed by atoms with Gasteiger partial charge in [0.05, 0.1) is 5.69 Å². The van der Waals surface area contributed by atoms with Crippen LogP contribution in [0, 0.1) is 13.8 Å². The molecule has 0 amide bonds. The third-order valence-electron chi connectivity index (χ3n) is 4.10. The summed E-state index contributed by atoms with van der Waals surface area (Å²) in [6.45, 7) is 3.82. The topological polar surface area (TPSA) is 76.5 Å². The summed E-state index contributed by atoms with van der Waals surface area (Å²) >= 11 is 0. The van der Waals surface area contributed by atoms with Crippen LogP contribution in [0.25, 0.3) is 10.8 Å². The minimum absolute atomic E-state index is 0.691. The van der Waals surface area contributed by atoms with Gasteiger partial charge in [0.1, 0.15) is 11.6 Å². The van der Waals surface area contributed by atoms with Crippen molar-refractivity contribution in [3.05, 3.63) is 77.6 Å². The van der Waals surface area contributed by atoms with Crippen LogP contribution in [0.5, 0.6) is 0 Å². The van der Waals surface area contributed by atoms with Crippen molar-refractivity contribution in [3.8, 4) is 0 Å². The third-order valence-corrected chi connectivity index (χ3v) is 4.10. The van der Waals surface area contributed by atoms with Gasteiger partial charge < -0.3 is 5.32 Å². The molecule has 3 heterocycles. The first-order chi connectivity index (χ1) is 12.7. The monoisotopic (exact) mass is 342 g/mol. The molecule has 0 fully saturated rings. The average Bonchev–Trinajstić information content (AvgIpc) is 2.64. The predicted molar refractivity (Wildman–Crippen MR) is 101 cm³/mol. The van der Waals surface area contributed by atoms with Crippen molar-refractivity contribution in [3.63, 3.8) is 0 Å². The summed E-state index contributed by atoms with van der Waals surface area (Å²) in [5.74, 6) is 2.13. The van der Waals surface area contributed by atoms with Gasteiger partial charge in [-0.2, -0.15) is 5.10 Å². The number of nitrogens with one attached hydrogen (secondary N) is 1. The second kappa shape index (κ2) is 6.84. The van der Waals surface area contributed by atoms with Gasteiger partial charge in [0.2, 0.25) is 0 Å². The Morgan fingerprint density at radius 2 is 1.65 bits per heavy atom. The molecule has 0 aliphatic heterocycles. The fourth-order valence-electron chi connectivity index (χ4n) is 2.98. The van der Waals surface area contributed by atoms with Crippen molar-refractivity contribution in [1.82, 2.24) is 25.1 Å². The number of aromatic nitrogens is 5. The fourth-order valence-corrected chi connectivity index (χ4v) is 2.98. The highest BCUT2D eigenvalue weighted by molar-refractivity contribution is 5.94. The maximum atomic E-state index is 4.47. The quantitative estimate of drug-likeness (QED) is 0.608. The molecule has 0 aliphatic carbocycles. The number of benzene rings is 1. The number of aryl methyl sites for hydroxylation is 2. The Bertz CT molecular complexity index is 1040. The van der Waals surface area contributed by atoms with E-state index in [-0.39, 0.29) is 0 Å². The van der Waals surface area contributed by atoms with Crippen LogP contribution >= 0.6 is 0 Å². The summed E-state index contributed by atoms with van der Waals surface area (Å²) in [4.78, 5) is 12.8. The van der Waals surface area contributed by atoms with Crippen LogP contribution in [0.4, 0.5) is 11.6 Å². The van der Waals surface area contributed by atoms with Gasteiger partial charge in [-0.3, -0.25) is 4.98 Å². The van der Waals surface area contributed by atoms with Gasteiger partial charge >= 0.3 is 0 Å². The Balaban J connectivity index is 1.74. The fraction of sp³-hybridized carbons (Fsp3) is 0.150. The van der Waals surface area contributed by atoms with E-state index in [0.717, 1.165) is 39.4 Å². The molecule has 1 aromatic carbocycles. The summed E-state index contributed by atoms with van der Waals surface area (Å²) in [6, 6.07) is 14.0. The lowest BCUT2D eigenvalue weighted by Gasteiger charge is -2.11. The Hall–Kier alpha value is -3.41. The Morgan fingerprint density at radius 3 is 2.42 bits per heavy atom. The van der Waals surface area contributed by atoms with Crippen molar-refractivity contribution in [2.24, 2.45) is 0 Å². The standard InChI is InChI=1S/C20H18N6/c1-13-11-19(23-14(2)22-13)24-20-17-6-4-3-5-16(17)18(25-26-20)12-15-7-9-21-10-8-15/h3-11H,12H2,1-2H3,(H,22,23,24,26). The van der Waals surface area contributed by atoms with Crippen molar-refractivity contribution in [2.45, 2.75) is 20.3 Å². The third kappa shape index (κ3) is 3.35. The second-order valence-corrected chi connectivity index (χ2v) is 6.14. The van der Waals surface area contributed by atoms with Crippen molar-refractivity contribution < 1.29 is 0 Å². The number of fused-ring (bicyclic) bond motifs is 1. The number of hydrogen-bond donors (Lipinski definition) is 1. The molecular weight excluding hydrogens is 324 g/mol. The van der Waals surface area contributed by atoms with Crippen LogP contribution in [0.15, 0.2) is 54.9 Å². The largest absolute Gasteiger partial charge is 0.323 e. The molecule has 0 bridgehead atoms. The lowest BCUT2D eigenvalue weighted by atomic mass is 10.1. The van der Waals surface area contributed by atoms with E-state index in [1.165, 1.54) is 0 Å². The summed E-state index contributed by atoms with van der Waals surface area (Å²) < 4.78 is 0. The molecule has 0 aliphatic rings. The molecule has 0 atom stereocenters. The molecule has 0 saturated heterocycles. The van der Waals surface area contributed by atoms with Crippen LogP contribution in [0.1, 0.15) is 22.8 Å². The maximum Gasteiger partial charge on any atom is 0.162 e. The summed E-state index contributed by atoms with van der Waals surface area (Å²) in [5, 5.41) is 14.3. The van der Waals surface area contributed by atoms with Gasteiger partial charge in [0, 0.05) is 41.3 Å². The van der Waals surface area contributed by atoms with Gasteiger partial charge in [-0.05, 0) is 31.5 Å². The van der Waals surface area contributed by atoms with Crippen LogP contribution in [0.3, 0.4) is 0 Å². The number of pyridine rings is 1. The van der Waals surface area contributed by atoms with Gasteiger partial charge in [-0.15, -0.1) is 5.10 Å². The number of nitrogens with zero attached hydrogens (tertiary/aromatic N) is 5. The minimum Gasteiger partial charge on any atom is -0.323 e. The number of hydrogen-bond acceptors (Lipinski definition) is 6.